The summed E-state index contributed by atoms with van der Waals surface area (Å²) in [6, 6.07) is 0. The molecule has 6 atom stereocenters. The van der Waals surface area contributed by atoms with Crippen LogP contribution in [0.3, 0.4) is 0 Å². The van der Waals surface area contributed by atoms with Gasteiger partial charge in [0, 0.05) is 13.0 Å². The van der Waals surface area contributed by atoms with Gasteiger partial charge in [-0.05, 0) is 89.9 Å². The Morgan fingerprint density at radius 2 is 0.932 bits per heavy atom. The van der Waals surface area contributed by atoms with Crippen LogP contribution in [0.15, 0.2) is 85.1 Å². The van der Waals surface area contributed by atoms with E-state index in [0.29, 0.717) is 13.0 Å². The van der Waals surface area contributed by atoms with Gasteiger partial charge in [0.15, 0.2) is 6.29 Å². The number of aliphatic hydroxyl groups excluding tert-OH is 3. The molecule has 0 radical (unpaired) electrons. The number of carbonyl (C=O) groups excluding carboxylic acids is 1. The lowest BCUT2D eigenvalue weighted by Gasteiger charge is -2.41. The predicted octanol–water partition coefficient (Wildman–Crippen LogP) is 14.8. The van der Waals surface area contributed by atoms with E-state index in [1.54, 1.807) is 0 Å². The molecule has 428 valence electrons. The summed E-state index contributed by atoms with van der Waals surface area (Å²) >= 11 is 0. The Balaban J connectivity index is 2.31. The van der Waals surface area contributed by atoms with Crippen LogP contribution >= 0.6 is 0 Å². The Kier molecular flexibility index (Phi) is 47.8. The topological polar surface area (TPSA) is 178 Å². The highest BCUT2D eigenvalue weighted by atomic mass is 32.3. The number of esters is 1. The third-order valence-electron chi connectivity index (χ3n) is 13.0. The lowest BCUT2D eigenvalue weighted by Crippen LogP contribution is -2.60. The maximum absolute atomic E-state index is 13.0. The Hall–Kier alpha value is -2.72. The Morgan fingerprint density at radius 3 is 1.36 bits per heavy atom. The molecule has 6 unspecified atom stereocenters. The van der Waals surface area contributed by atoms with Crippen molar-refractivity contribution in [3.05, 3.63) is 85.1 Å². The number of aliphatic hydroxyl groups is 3. The number of allylic oxidation sites excluding steroid dienone is 14. The zero-order valence-corrected chi connectivity index (χ0v) is 47.2. The number of hydrogen-bond acceptors (Lipinski definition) is 11. The molecule has 0 spiro atoms. The van der Waals surface area contributed by atoms with Gasteiger partial charge in [0.25, 0.3) is 0 Å². The lowest BCUT2D eigenvalue weighted by molar-refractivity contribution is -0.301. The molecule has 1 fully saturated rings. The van der Waals surface area contributed by atoms with Gasteiger partial charge in [-0.2, -0.15) is 8.42 Å². The molecule has 1 saturated heterocycles. The number of carbonyl (C=O) groups is 1. The van der Waals surface area contributed by atoms with E-state index < -0.39 is 59.8 Å². The van der Waals surface area contributed by atoms with Gasteiger partial charge in [0.05, 0.1) is 19.8 Å². The van der Waals surface area contributed by atoms with Gasteiger partial charge in [-0.3, -0.25) is 9.35 Å². The highest BCUT2D eigenvalue weighted by Gasteiger charge is 2.48. The first-order chi connectivity index (χ1) is 36.1. The number of rotatable bonds is 51. The van der Waals surface area contributed by atoms with E-state index in [1.807, 2.05) is 0 Å². The summed E-state index contributed by atoms with van der Waals surface area (Å²) in [4.78, 5) is 13.0. The van der Waals surface area contributed by atoms with Crippen LogP contribution in [-0.4, -0.2) is 97.5 Å². The van der Waals surface area contributed by atoms with Crippen LogP contribution in [0.2, 0.25) is 0 Å². The van der Waals surface area contributed by atoms with E-state index in [9.17, 15) is 33.1 Å². The van der Waals surface area contributed by atoms with E-state index in [2.05, 4.69) is 103 Å². The van der Waals surface area contributed by atoms with Crippen molar-refractivity contribution in [1.29, 1.82) is 0 Å². The molecule has 0 saturated carbocycles. The first kappa shape index (κ1) is 69.3. The van der Waals surface area contributed by atoms with Crippen LogP contribution in [-0.2, 0) is 38.3 Å². The van der Waals surface area contributed by atoms with Gasteiger partial charge in [-0.25, -0.2) is 4.18 Å². The Labute approximate surface area is 451 Å². The summed E-state index contributed by atoms with van der Waals surface area (Å²) in [7, 11) is -5.07. The van der Waals surface area contributed by atoms with Crippen LogP contribution < -0.4 is 0 Å². The second kappa shape index (κ2) is 51.1. The van der Waals surface area contributed by atoms with Crippen molar-refractivity contribution in [3.63, 3.8) is 0 Å². The van der Waals surface area contributed by atoms with Gasteiger partial charge >= 0.3 is 16.4 Å². The normalized spacial score (nSPS) is 19.4. The van der Waals surface area contributed by atoms with Crippen molar-refractivity contribution in [2.24, 2.45) is 0 Å². The van der Waals surface area contributed by atoms with Crippen molar-refractivity contribution in [3.8, 4) is 0 Å². The minimum Gasteiger partial charge on any atom is -0.457 e. The summed E-state index contributed by atoms with van der Waals surface area (Å²) in [5.41, 5.74) is 0. The SMILES string of the molecule is CC/C=C\C/C=C\C/C=C\C/C=C\CCCCCCCCCCCCCOCC(COC1OC(CO)C(O)C(OS(=O)(=O)O)C1O)OC(=O)CCCCCCCCCC/C=C\C/C=C\C/C=C\CCCCCCC. The first-order valence-corrected chi connectivity index (χ1v) is 30.7. The quantitative estimate of drug-likeness (QED) is 0.0196. The van der Waals surface area contributed by atoms with Gasteiger partial charge < -0.3 is 34.3 Å². The van der Waals surface area contributed by atoms with Gasteiger partial charge in [0.2, 0.25) is 0 Å². The molecular formula is C61H106O12S. The first-order valence-electron chi connectivity index (χ1n) is 29.3. The third-order valence-corrected chi connectivity index (χ3v) is 13.5. The van der Waals surface area contributed by atoms with Crippen molar-refractivity contribution >= 4 is 16.4 Å². The van der Waals surface area contributed by atoms with Crippen LogP contribution in [0.25, 0.3) is 0 Å². The molecule has 0 aliphatic carbocycles. The monoisotopic (exact) mass is 1060 g/mol. The second-order valence-electron chi connectivity index (χ2n) is 19.8. The largest absolute Gasteiger partial charge is 0.457 e. The van der Waals surface area contributed by atoms with Gasteiger partial charge in [-0.15, -0.1) is 0 Å². The number of unbranched alkanes of at least 4 members (excludes halogenated alkanes) is 24. The lowest BCUT2D eigenvalue weighted by atomic mass is 9.99. The third kappa shape index (κ3) is 43.4. The highest BCUT2D eigenvalue weighted by molar-refractivity contribution is 7.80. The fourth-order valence-electron chi connectivity index (χ4n) is 8.61. The summed E-state index contributed by atoms with van der Waals surface area (Å²) in [5, 5.41) is 30.9. The zero-order valence-electron chi connectivity index (χ0n) is 46.4. The number of ether oxygens (including phenoxy) is 4. The Morgan fingerprint density at radius 1 is 0.527 bits per heavy atom. The minimum atomic E-state index is -5.07. The minimum absolute atomic E-state index is 0.0268. The maximum Gasteiger partial charge on any atom is 0.397 e. The molecule has 1 aliphatic rings. The van der Waals surface area contributed by atoms with E-state index in [0.717, 1.165) is 89.9 Å². The molecule has 74 heavy (non-hydrogen) atoms. The van der Waals surface area contributed by atoms with Crippen molar-refractivity contribution in [2.45, 2.75) is 269 Å². The van der Waals surface area contributed by atoms with E-state index >= 15 is 0 Å². The van der Waals surface area contributed by atoms with Crippen molar-refractivity contribution in [1.82, 2.24) is 0 Å². The smallest absolute Gasteiger partial charge is 0.397 e. The van der Waals surface area contributed by atoms with Crippen LogP contribution in [0.1, 0.15) is 232 Å². The molecule has 0 aromatic rings. The van der Waals surface area contributed by atoms with E-state index in [1.165, 1.54) is 116 Å². The van der Waals surface area contributed by atoms with Gasteiger partial charge in [0.1, 0.15) is 30.5 Å². The second-order valence-corrected chi connectivity index (χ2v) is 20.9. The zero-order chi connectivity index (χ0) is 53.8. The Bertz CT molecular complexity index is 1600. The fourth-order valence-corrected chi connectivity index (χ4v) is 9.12. The number of hydrogen-bond donors (Lipinski definition) is 4. The van der Waals surface area contributed by atoms with Crippen LogP contribution in [0.5, 0.6) is 0 Å². The summed E-state index contributed by atoms with van der Waals surface area (Å²) in [6.45, 7) is 3.87. The van der Waals surface area contributed by atoms with E-state index in [-0.39, 0.29) is 19.6 Å². The van der Waals surface area contributed by atoms with E-state index in [4.69, 9.17) is 18.9 Å². The van der Waals surface area contributed by atoms with Crippen LogP contribution in [0.4, 0.5) is 0 Å². The average Bonchev–Trinajstić information content (AvgIpc) is 3.38. The fraction of sp³-hybridized carbons (Fsp3) is 0.754. The standard InChI is InChI=1S/C61H106O12S/c1-3-5-7-9-11-13-15-17-19-21-23-25-27-29-31-33-35-37-39-41-43-45-47-49-51-69-53-55(54-70-61-59(65)60(73-74(66,67)68)58(64)56(52-62)72-61)71-57(63)50-48-46-44-42-40-38-36-34-32-30-28-26-24-22-20-18-16-14-12-10-8-6-4-2/h5,7,11,13,16-19,22-25,28,30,55-56,58-62,64-65H,3-4,6,8-10,12,14-15,20-21,26-27,29,31-54H2,1-2H3,(H,66,67,68)/b7-5-,13-11-,18-16-,19-17-,24-22-,25-23-,30-28-. The predicted molar refractivity (Wildman–Crippen MR) is 303 cm³/mol. The van der Waals surface area contributed by atoms with Crippen molar-refractivity contribution < 1.29 is 56.2 Å². The molecule has 1 rings (SSSR count). The van der Waals surface area contributed by atoms with Crippen LogP contribution in [0, 0.1) is 0 Å². The summed E-state index contributed by atoms with van der Waals surface area (Å²) < 4.78 is 59.5. The summed E-state index contributed by atoms with van der Waals surface area (Å²) in [5.74, 6) is -0.408. The molecule has 0 bridgehead atoms. The van der Waals surface area contributed by atoms with Crippen molar-refractivity contribution in [2.75, 3.05) is 26.4 Å². The molecule has 12 nitrogen and oxygen atoms in total. The molecular weight excluding hydrogens is 957 g/mol. The molecule has 1 heterocycles. The average molecular weight is 1060 g/mol. The molecule has 1 aliphatic heterocycles. The molecule has 4 N–H and O–H groups in total. The molecule has 0 aromatic heterocycles. The van der Waals surface area contributed by atoms with Gasteiger partial charge in [-0.1, -0.05) is 221 Å². The molecule has 0 aromatic carbocycles. The maximum atomic E-state index is 13.0. The molecule has 0 amide bonds. The molecule has 13 heteroatoms. The highest BCUT2D eigenvalue weighted by Crippen LogP contribution is 2.26. The summed E-state index contributed by atoms with van der Waals surface area (Å²) in [6.07, 6.45) is 60.4.